The van der Waals surface area contributed by atoms with E-state index in [-0.39, 0.29) is 5.56 Å². The van der Waals surface area contributed by atoms with Crippen molar-refractivity contribution in [3.63, 3.8) is 0 Å². The van der Waals surface area contributed by atoms with Crippen LogP contribution in [-0.2, 0) is 0 Å². The third kappa shape index (κ3) is 1.97. The van der Waals surface area contributed by atoms with Crippen LogP contribution in [0.15, 0.2) is 33.5 Å². The SMILES string of the molecule is CC(C)c1cc(=O)[nH]c2ccc(Br)cc12. The Hall–Kier alpha value is -1.09. The molecule has 0 saturated heterocycles. The van der Waals surface area contributed by atoms with E-state index in [2.05, 4.69) is 34.8 Å². The fourth-order valence-electron chi connectivity index (χ4n) is 1.73. The van der Waals surface area contributed by atoms with Gasteiger partial charge in [-0.25, -0.2) is 0 Å². The Labute approximate surface area is 96.5 Å². The molecule has 15 heavy (non-hydrogen) atoms. The largest absolute Gasteiger partial charge is 0.322 e. The highest BCUT2D eigenvalue weighted by atomic mass is 79.9. The molecule has 0 aliphatic heterocycles. The van der Waals surface area contributed by atoms with Gasteiger partial charge in [0.15, 0.2) is 0 Å². The van der Waals surface area contributed by atoms with Crippen LogP contribution < -0.4 is 5.56 Å². The van der Waals surface area contributed by atoms with Crippen molar-refractivity contribution in [3.8, 4) is 0 Å². The molecule has 0 radical (unpaired) electrons. The highest BCUT2D eigenvalue weighted by Crippen LogP contribution is 2.25. The predicted molar refractivity (Wildman–Crippen MR) is 66.4 cm³/mol. The standard InChI is InChI=1S/C12H12BrNO/c1-7(2)9-6-12(15)14-11-4-3-8(13)5-10(9)11/h3-7H,1-2H3,(H,14,15). The van der Waals surface area contributed by atoms with E-state index < -0.39 is 0 Å². The second-order valence-electron chi connectivity index (χ2n) is 3.93. The fraction of sp³-hybridized carbons (Fsp3) is 0.250. The Kier molecular flexibility index (Phi) is 2.65. The van der Waals surface area contributed by atoms with Crippen LogP contribution in [0, 0.1) is 0 Å². The number of pyridine rings is 1. The van der Waals surface area contributed by atoms with Gasteiger partial charge in [-0.05, 0) is 29.7 Å². The van der Waals surface area contributed by atoms with E-state index in [1.807, 2.05) is 18.2 Å². The monoisotopic (exact) mass is 265 g/mol. The van der Waals surface area contributed by atoms with Crippen LogP contribution >= 0.6 is 15.9 Å². The third-order valence-corrected chi connectivity index (χ3v) is 2.95. The van der Waals surface area contributed by atoms with E-state index in [0.29, 0.717) is 5.92 Å². The molecule has 1 heterocycles. The van der Waals surface area contributed by atoms with Gasteiger partial charge in [0.05, 0.1) is 0 Å². The maximum Gasteiger partial charge on any atom is 0.248 e. The summed E-state index contributed by atoms with van der Waals surface area (Å²) >= 11 is 3.44. The average Bonchev–Trinajstić information content (AvgIpc) is 2.17. The molecule has 0 fully saturated rings. The highest BCUT2D eigenvalue weighted by Gasteiger charge is 2.07. The molecule has 1 aromatic heterocycles. The van der Waals surface area contributed by atoms with Crippen LogP contribution in [0.5, 0.6) is 0 Å². The Balaban J connectivity index is 2.88. The van der Waals surface area contributed by atoms with Crippen LogP contribution in [-0.4, -0.2) is 4.98 Å². The molecule has 0 bridgehead atoms. The molecule has 2 rings (SSSR count). The van der Waals surface area contributed by atoms with E-state index in [1.165, 1.54) is 0 Å². The van der Waals surface area contributed by atoms with Crippen molar-refractivity contribution < 1.29 is 0 Å². The van der Waals surface area contributed by atoms with E-state index in [9.17, 15) is 4.79 Å². The molecule has 0 saturated carbocycles. The summed E-state index contributed by atoms with van der Waals surface area (Å²) in [4.78, 5) is 14.3. The summed E-state index contributed by atoms with van der Waals surface area (Å²) < 4.78 is 1.03. The number of aromatic amines is 1. The van der Waals surface area contributed by atoms with Gasteiger partial charge in [0.25, 0.3) is 0 Å². The van der Waals surface area contributed by atoms with E-state index in [1.54, 1.807) is 6.07 Å². The van der Waals surface area contributed by atoms with Gasteiger partial charge in [-0.15, -0.1) is 0 Å². The van der Waals surface area contributed by atoms with E-state index in [4.69, 9.17) is 0 Å². The molecule has 0 amide bonds. The maximum absolute atomic E-state index is 11.4. The fourth-order valence-corrected chi connectivity index (χ4v) is 2.09. The minimum Gasteiger partial charge on any atom is -0.322 e. The number of benzene rings is 1. The molecule has 1 aromatic carbocycles. The lowest BCUT2D eigenvalue weighted by Gasteiger charge is -2.09. The predicted octanol–water partition coefficient (Wildman–Crippen LogP) is 3.41. The normalized spacial score (nSPS) is 11.2. The topological polar surface area (TPSA) is 32.9 Å². The van der Waals surface area contributed by atoms with Gasteiger partial charge in [0.2, 0.25) is 5.56 Å². The first kappa shape index (κ1) is 10.4. The van der Waals surface area contributed by atoms with Gasteiger partial charge < -0.3 is 4.98 Å². The van der Waals surface area contributed by atoms with Crippen molar-refractivity contribution in [2.45, 2.75) is 19.8 Å². The molecule has 0 spiro atoms. The number of nitrogens with one attached hydrogen (secondary N) is 1. The van der Waals surface area contributed by atoms with E-state index >= 15 is 0 Å². The number of aromatic nitrogens is 1. The molecule has 78 valence electrons. The lowest BCUT2D eigenvalue weighted by Crippen LogP contribution is -2.07. The maximum atomic E-state index is 11.4. The number of rotatable bonds is 1. The zero-order valence-electron chi connectivity index (χ0n) is 8.67. The molecule has 2 aromatic rings. The Morgan fingerprint density at radius 3 is 2.67 bits per heavy atom. The van der Waals surface area contributed by atoms with Crippen LogP contribution in [0.25, 0.3) is 10.9 Å². The first-order valence-corrected chi connectivity index (χ1v) is 5.69. The number of hydrogen-bond acceptors (Lipinski definition) is 1. The summed E-state index contributed by atoms with van der Waals surface area (Å²) in [5.74, 6) is 0.351. The summed E-state index contributed by atoms with van der Waals surface area (Å²) in [6.45, 7) is 4.18. The first-order valence-electron chi connectivity index (χ1n) is 4.90. The molecular weight excluding hydrogens is 254 g/mol. The number of halogens is 1. The van der Waals surface area contributed by atoms with Gasteiger partial charge in [0, 0.05) is 21.4 Å². The summed E-state index contributed by atoms with van der Waals surface area (Å²) in [7, 11) is 0. The smallest absolute Gasteiger partial charge is 0.248 e. The Morgan fingerprint density at radius 2 is 2.00 bits per heavy atom. The minimum absolute atomic E-state index is 0.0338. The Morgan fingerprint density at radius 1 is 1.27 bits per heavy atom. The molecule has 0 unspecified atom stereocenters. The van der Waals surface area contributed by atoms with Crippen molar-refractivity contribution in [3.05, 3.63) is 44.7 Å². The van der Waals surface area contributed by atoms with Crippen LogP contribution in [0.2, 0.25) is 0 Å². The van der Waals surface area contributed by atoms with Crippen molar-refractivity contribution in [2.24, 2.45) is 0 Å². The molecule has 0 atom stereocenters. The highest BCUT2D eigenvalue weighted by molar-refractivity contribution is 9.10. The van der Waals surface area contributed by atoms with Gasteiger partial charge in [0.1, 0.15) is 0 Å². The van der Waals surface area contributed by atoms with Crippen LogP contribution in [0.4, 0.5) is 0 Å². The summed E-state index contributed by atoms with van der Waals surface area (Å²) in [5.41, 5.74) is 1.96. The van der Waals surface area contributed by atoms with E-state index in [0.717, 1.165) is 20.9 Å². The Bertz CT molecular complexity index is 557. The summed E-state index contributed by atoms with van der Waals surface area (Å²) in [5, 5.41) is 1.11. The molecular formula is C12H12BrNO. The second kappa shape index (κ2) is 3.81. The number of H-pyrrole nitrogens is 1. The zero-order valence-corrected chi connectivity index (χ0v) is 10.3. The van der Waals surface area contributed by atoms with Gasteiger partial charge >= 0.3 is 0 Å². The first-order chi connectivity index (χ1) is 7.08. The third-order valence-electron chi connectivity index (χ3n) is 2.46. The van der Waals surface area contributed by atoms with Crippen LogP contribution in [0.3, 0.4) is 0 Å². The molecule has 0 aliphatic rings. The lowest BCUT2D eigenvalue weighted by molar-refractivity contribution is 0.871. The summed E-state index contributed by atoms with van der Waals surface area (Å²) in [6.07, 6.45) is 0. The molecule has 3 heteroatoms. The quantitative estimate of drug-likeness (QED) is 0.842. The zero-order chi connectivity index (χ0) is 11.0. The molecule has 0 aliphatic carbocycles. The number of hydrogen-bond donors (Lipinski definition) is 1. The van der Waals surface area contributed by atoms with Crippen LogP contribution in [0.1, 0.15) is 25.3 Å². The summed E-state index contributed by atoms with van der Waals surface area (Å²) in [6, 6.07) is 7.58. The minimum atomic E-state index is -0.0338. The second-order valence-corrected chi connectivity index (χ2v) is 4.85. The van der Waals surface area contributed by atoms with Gasteiger partial charge in [-0.2, -0.15) is 0 Å². The van der Waals surface area contributed by atoms with Gasteiger partial charge in [-0.3, -0.25) is 4.79 Å². The lowest BCUT2D eigenvalue weighted by atomic mass is 9.99. The van der Waals surface area contributed by atoms with Crippen molar-refractivity contribution >= 4 is 26.8 Å². The molecule has 1 N–H and O–H groups in total. The molecule has 2 nitrogen and oxygen atoms in total. The van der Waals surface area contributed by atoms with Gasteiger partial charge in [-0.1, -0.05) is 29.8 Å². The number of fused-ring (bicyclic) bond motifs is 1. The van der Waals surface area contributed by atoms with Crippen molar-refractivity contribution in [1.29, 1.82) is 0 Å². The van der Waals surface area contributed by atoms with Crippen molar-refractivity contribution in [1.82, 2.24) is 4.98 Å². The van der Waals surface area contributed by atoms with Crippen molar-refractivity contribution in [2.75, 3.05) is 0 Å². The average molecular weight is 266 g/mol.